The van der Waals surface area contributed by atoms with Gasteiger partial charge in [0.25, 0.3) is 5.91 Å². The molecule has 1 heterocycles. The largest absolute Gasteiger partial charge is 0.494 e. The van der Waals surface area contributed by atoms with Gasteiger partial charge in [0.2, 0.25) is 5.91 Å². The van der Waals surface area contributed by atoms with Crippen LogP contribution in [0.2, 0.25) is 0 Å². The molecule has 1 aromatic heterocycles. The van der Waals surface area contributed by atoms with E-state index in [0.29, 0.717) is 0 Å². The summed E-state index contributed by atoms with van der Waals surface area (Å²) in [5.74, 6) is -2.38. The number of aromatic nitrogens is 2. The molecule has 0 bridgehead atoms. The van der Waals surface area contributed by atoms with Crippen LogP contribution in [0, 0.1) is 5.92 Å². The fourth-order valence-corrected chi connectivity index (χ4v) is 3.77. The number of para-hydroxylation sites is 1. The predicted octanol–water partition coefficient (Wildman–Crippen LogP) is 4.32. The third-order valence-corrected chi connectivity index (χ3v) is 5.79. The molecule has 0 unspecified atom stereocenters. The number of hydrogen-bond donors (Lipinski definition) is 4. The molecule has 1 saturated carbocycles. The Morgan fingerprint density at radius 2 is 1.79 bits per heavy atom. The summed E-state index contributed by atoms with van der Waals surface area (Å²) in [4.78, 5) is 35.9. The summed E-state index contributed by atoms with van der Waals surface area (Å²) in [6.45, 7) is 0. The highest BCUT2D eigenvalue weighted by atomic mass is 19.4. The number of amides is 2. The predicted molar refractivity (Wildman–Crippen MR) is 130 cm³/mol. The number of carboxylic acid groups (broad SMARTS) is 1. The number of aromatic carboxylic acids is 1. The van der Waals surface area contributed by atoms with Crippen LogP contribution in [0.5, 0.6) is 5.75 Å². The first-order chi connectivity index (χ1) is 18.0. The highest BCUT2D eigenvalue weighted by Gasteiger charge is 2.36. The number of anilines is 3. The summed E-state index contributed by atoms with van der Waals surface area (Å²) in [6.07, 6.45) is -3.36. The summed E-state index contributed by atoms with van der Waals surface area (Å²) >= 11 is 0. The Labute approximate surface area is 214 Å². The average Bonchev–Trinajstić information content (AvgIpc) is 3.73. The minimum absolute atomic E-state index is 0.0552. The Hall–Kier alpha value is -4.68. The fourth-order valence-electron chi connectivity index (χ4n) is 3.77. The molecule has 1 aliphatic carbocycles. The molecule has 2 amide bonds. The molecule has 10 nitrogen and oxygen atoms in total. The van der Waals surface area contributed by atoms with Crippen molar-refractivity contribution in [3.63, 3.8) is 0 Å². The molecule has 0 spiro atoms. The zero-order chi connectivity index (χ0) is 27.6. The van der Waals surface area contributed by atoms with Crippen molar-refractivity contribution in [2.75, 3.05) is 24.8 Å². The first kappa shape index (κ1) is 26.4. The van der Waals surface area contributed by atoms with Crippen LogP contribution in [0.25, 0.3) is 11.1 Å². The fraction of sp³-hybridized carbons (Fsp3) is 0.240. The highest BCUT2D eigenvalue weighted by Crippen LogP contribution is 2.41. The molecule has 3 aromatic rings. The van der Waals surface area contributed by atoms with Crippen molar-refractivity contribution in [3.05, 3.63) is 59.3 Å². The van der Waals surface area contributed by atoms with Gasteiger partial charge in [-0.15, -0.1) is 10.2 Å². The topological polar surface area (TPSA) is 143 Å². The number of rotatable bonds is 8. The van der Waals surface area contributed by atoms with Crippen molar-refractivity contribution in [1.29, 1.82) is 0 Å². The number of alkyl halides is 3. The van der Waals surface area contributed by atoms with E-state index in [9.17, 15) is 32.7 Å². The molecule has 1 aliphatic rings. The van der Waals surface area contributed by atoms with Gasteiger partial charge in [-0.2, -0.15) is 13.2 Å². The molecular formula is C25H22F3N5O5. The molecule has 1 fully saturated rings. The van der Waals surface area contributed by atoms with Crippen LogP contribution in [0.4, 0.5) is 30.4 Å². The van der Waals surface area contributed by atoms with E-state index in [1.807, 2.05) is 0 Å². The zero-order valence-corrected chi connectivity index (χ0v) is 20.1. The number of halogens is 3. The number of nitrogens with zero attached hydrogens (tertiary/aromatic N) is 2. The van der Waals surface area contributed by atoms with Crippen molar-refractivity contribution in [1.82, 2.24) is 15.5 Å². The van der Waals surface area contributed by atoms with E-state index in [4.69, 9.17) is 4.74 Å². The molecule has 198 valence electrons. The minimum Gasteiger partial charge on any atom is -0.494 e. The Morgan fingerprint density at radius 1 is 1.05 bits per heavy atom. The van der Waals surface area contributed by atoms with Crippen molar-refractivity contribution < 1.29 is 37.4 Å². The Morgan fingerprint density at radius 3 is 2.39 bits per heavy atom. The van der Waals surface area contributed by atoms with Gasteiger partial charge in [0, 0.05) is 24.6 Å². The quantitative estimate of drug-likeness (QED) is 0.338. The van der Waals surface area contributed by atoms with Crippen LogP contribution >= 0.6 is 0 Å². The maximum absolute atomic E-state index is 13.6. The van der Waals surface area contributed by atoms with Crippen LogP contribution in [0.15, 0.2) is 42.5 Å². The van der Waals surface area contributed by atoms with Crippen molar-refractivity contribution in [3.8, 4) is 16.9 Å². The lowest BCUT2D eigenvalue weighted by atomic mass is 9.97. The minimum atomic E-state index is -4.90. The summed E-state index contributed by atoms with van der Waals surface area (Å²) < 4.78 is 46.3. The van der Waals surface area contributed by atoms with E-state index in [1.54, 1.807) is 12.1 Å². The molecule has 0 saturated heterocycles. The first-order valence-corrected chi connectivity index (χ1v) is 11.3. The van der Waals surface area contributed by atoms with Gasteiger partial charge in [-0.3, -0.25) is 9.59 Å². The highest BCUT2D eigenvalue weighted by molar-refractivity contribution is 6.00. The second kappa shape index (κ2) is 10.4. The van der Waals surface area contributed by atoms with Crippen LogP contribution in [-0.2, 0) is 11.0 Å². The van der Waals surface area contributed by atoms with Crippen molar-refractivity contribution in [2.45, 2.75) is 19.0 Å². The zero-order valence-electron chi connectivity index (χ0n) is 20.1. The summed E-state index contributed by atoms with van der Waals surface area (Å²) in [7, 11) is 2.71. The van der Waals surface area contributed by atoms with Crippen molar-refractivity contribution in [2.24, 2.45) is 5.92 Å². The maximum atomic E-state index is 13.6. The Kier molecular flexibility index (Phi) is 7.19. The summed E-state index contributed by atoms with van der Waals surface area (Å²) in [5, 5.41) is 25.1. The molecule has 4 rings (SSSR count). The van der Waals surface area contributed by atoms with Crippen LogP contribution in [0.1, 0.15) is 39.3 Å². The van der Waals surface area contributed by atoms with Gasteiger partial charge >= 0.3 is 12.1 Å². The first-order valence-electron chi connectivity index (χ1n) is 11.3. The number of benzene rings is 2. The van der Waals surface area contributed by atoms with Crippen LogP contribution in [0.3, 0.4) is 0 Å². The normalized spacial score (nSPS) is 13.0. The number of carbonyl (C=O) groups is 3. The number of carboxylic acids is 1. The van der Waals surface area contributed by atoms with E-state index in [0.717, 1.165) is 25.0 Å². The van der Waals surface area contributed by atoms with E-state index in [2.05, 4.69) is 26.1 Å². The number of carbonyl (C=O) groups excluding carboxylic acids is 2. The van der Waals surface area contributed by atoms with Gasteiger partial charge < -0.3 is 25.8 Å². The second-order valence-electron chi connectivity index (χ2n) is 8.41. The SMILES string of the molecule is CNC(=O)c1nnc(NC(=O)C2CC2)cc1Nc1cccc(-c2ccc(C(=O)O)c(C(F)(F)F)c2)c1OC. The van der Waals surface area contributed by atoms with Crippen molar-refractivity contribution >= 4 is 35.0 Å². The van der Waals surface area contributed by atoms with Gasteiger partial charge in [0.15, 0.2) is 11.5 Å². The van der Waals surface area contributed by atoms with Gasteiger partial charge in [0.1, 0.15) is 5.75 Å². The smallest absolute Gasteiger partial charge is 0.417 e. The van der Waals surface area contributed by atoms with E-state index >= 15 is 0 Å². The lowest BCUT2D eigenvalue weighted by molar-refractivity contribution is -0.138. The second-order valence-corrected chi connectivity index (χ2v) is 8.41. The molecule has 4 N–H and O–H groups in total. The van der Waals surface area contributed by atoms with Crippen LogP contribution < -0.4 is 20.7 Å². The van der Waals surface area contributed by atoms with Gasteiger partial charge in [0.05, 0.1) is 29.6 Å². The maximum Gasteiger partial charge on any atom is 0.417 e. The number of methoxy groups -OCH3 is 1. The Balaban J connectivity index is 1.77. The third-order valence-electron chi connectivity index (χ3n) is 5.79. The van der Waals surface area contributed by atoms with E-state index in [-0.39, 0.29) is 51.6 Å². The van der Waals surface area contributed by atoms with Crippen LogP contribution in [-0.4, -0.2) is 47.2 Å². The third kappa shape index (κ3) is 5.51. The monoisotopic (exact) mass is 529 g/mol. The molecule has 2 aromatic carbocycles. The lowest BCUT2D eigenvalue weighted by Crippen LogP contribution is -2.22. The summed E-state index contributed by atoms with van der Waals surface area (Å²) in [6, 6.07) is 8.89. The number of ether oxygens (including phenoxy) is 1. The number of hydrogen-bond acceptors (Lipinski definition) is 7. The molecule has 38 heavy (non-hydrogen) atoms. The van der Waals surface area contributed by atoms with Gasteiger partial charge in [-0.05, 0) is 36.6 Å². The number of nitrogens with one attached hydrogen (secondary N) is 3. The summed E-state index contributed by atoms with van der Waals surface area (Å²) in [5.41, 5.74) is -1.59. The van der Waals surface area contributed by atoms with Gasteiger partial charge in [-0.25, -0.2) is 4.79 Å². The average molecular weight is 529 g/mol. The standard InChI is InChI=1S/C25H22F3N5O5/c1-29-23(35)20-18(11-19(32-33-20)31-22(34)12-6-7-12)30-17-5-3-4-14(21(17)38-2)13-8-9-15(24(36)37)16(10-13)25(26,27)28/h3-5,8-12H,6-7H2,1-2H3,(H,29,35)(H,36,37)(H2,30,31,32,34). The molecule has 13 heteroatoms. The lowest BCUT2D eigenvalue weighted by Gasteiger charge is -2.18. The molecule has 0 aliphatic heterocycles. The van der Waals surface area contributed by atoms with Gasteiger partial charge in [-0.1, -0.05) is 18.2 Å². The van der Waals surface area contributed by atoms with E-state index in [1.165, 1.54) is 32.4 Å². The molecule has 0 radical (unpaired) electrons. The molecule has 0 atom stereocenters. The molecular weight excluding hydrogens is 507 g/mol. The Bertz CT molecular complexity index is 1420. The van der Waals surface area contributed by atoms with E-state index < -0.39 is 29.2 Å².